The summed E-state index contributed by atoms with van der Waals surface area (Å²) >= 11 is 1.85. The van der Waals surface area contributed by atoms with E-state index in [1.807, 2.05) is 11.3 Å². The topological polar surface area (TPSA) is 37.4 Å². The Hall–Kier alpha value is -0.650. The predicted molar refractivity (Wildman–Crippen MR) is 90.3 cm³/mol. The molecule has 0 spiro atoms. The van der Waals surface area contributed by atoms with Crippen LogP contribution >= 0.6 is 11.3 Å². The Balaban J connectivity index is 2.15. The first-order chi connectivity index (χ1) is 9.90. The van der Waals surface area contributed by atoms with Crippen LogP contribution in [0.4, 0.5) is 5.13 Å². The lowest BCUT2D eigenvalue weighted by Crippen LogP contribution is -2.43. The Morgan fingerprint density at radius 2 is 2.19 bits per heavy atom. The molecule has 2 rings (SSSR count). The Morgan fingerprint density at radius 3 is 2.81 bits per heavy atom. The van der Waals surface area contributed by atoms with Crippen LogP contribution in [0.3, 0.4) is 0 Å². The van der Waals surface area contributed by atoms with Gasteiger partial charge >= 0.3 is 0 Å². The van der Waals surface area contributed by atoms with Gasteiger partial charge in [0.25, 0.3) is 0 Å². The van der Waals surface area contributed by atoms with Gasteiger partial charge in [0, 0.05) is 23.5 Å². The molecule has 1 aromatic rings. The first kappa shape index (κ1) is 16.7. The molecule has 1 unspecified atom stereocenters. The highest BCUT2D eigenvalue weighted by atomic mass is 32.1. The maximum absolute atomic E-state index is 5.53. The first-order valence-corrected chi connectivity index (χ1v) is 8.80. The van der Waals surface area contributed by atoms with E-state index in [2.05, 4.69) is 44.8 Å². The van der Waals surface area contributed by atoms with Gasteiger partial charge in [-0.25, -0.2) is 4.98 Å². The normalized spacial score (nSPS) is 20.0. The van der Waals surface area contributed by atoms with Crippen LogP contribution < -0.4 is 10.2 Å². The van der Waals surface area contributed by atoms with Crippen LogP contribution in [0.2, 0.25) is 0 Å². The van der Waals surface area contributed by atoms with E-state index in [1.54, 1.807) is 0 Å². The number of morpholine rings is 1. The van der Waals surface area contributed by atoms with E-state index in [-0.39, 0.29) is 5.54 Å². The standard InChI is InChI=1S/C16H29N3OS/c1-6-7-13-14(10-17-16(3,4)5)21-15(18-13)19-8-9-20-11-12(19)2/h12,17H,6-11H2,1-5H3. The molecule has 1 N–H and O–H groups in total. The highest BCUT2D eigenvalue weighted by Crippen LogP contribution is 2.30. The summed E-state index contributed by atoms with van der Waals surface area (Å²) in [7, 11) is 0. The zero-order chi connectivity index (χ0) is 15.5. The second kappa shape index (κ2) is 7.07. The van der Waals surface area contributed by atoms with Gasteiger partial charge in [0.2, 0.25) is 0 Å². The molecule has 1 aliphatic rings. The number of rotatable bonds is 5. The quantitative estimate of drug-likeness (QED) is 0.906. The number of aromatic nitrogens is 1. The lowest BCUT2D eigenvalue weighted by atomic mass is 10.1. The lowest BCUT2D eigenvalue weighted by Gasteiger charge is -2.32. The highest BCUT2D eigenvalue weighted by molar-refractivity contribution is 7.15. The molecular weight excluding hydrogens is 282 g/mol. The molecule has 0 saturated carbocycles. The molecule has 0 bridgehead atoms. The van der Waals surface area contributed by atoms with Crippen LogP contribution in [0, 0.1) is 0 Å². The van der Waals surface area contributed by atoms with Crippen LogP contribution in [0.15, 0.2) is 0 Å². The number of ether oxygens (including phenoxy) is 1. The van der Waals surface area contributed by atoms with E-state index in [1.165, 1.54) is 15.7 Å². The van der Waals surface area contributed by atoms with Gasteiger partial charge in [-0.05, 0) is 34.1 Å². The van der Waals surface area contributed by atoms with Gasteiger partial charge in [-0.3, -0.25) is 0 Å². The fraction of sp³-hybridized carbons (Fsp3) is 0.812. The van der Waals surface area contributed by atoms with Crippen molar-refractivity contribution < 1.29 is 4.74 Å². The summed E-state index contributed by atoms with van der Waals surface area (Å²) in [5.74, 6) is 0. The zero-order valence-corrected chi connectivity index (χ0v) is 14.8. The van der Waals surface area contributed by atoms with Crippen molar-refractivity contribution in [3.8, 4) is 0 Å². The molecule has 0 aliphatic carbocycles. The van der Waals surface area contributed by atoms with Crippen LogP contribution in [0.25, 0.3) is 0 Å². The molecular formula is C16H29N3OS. The van der Waals surface area contributed by atoms with Gasteiger partial charge in [0.1, 0.15) is 0 Å². The molecule has 5 heteroatoms. The number of nitrogens with one attached hydrogen (secondary N) is 1. The molecule has 1 aromatic heterocycles. The number of hydrogen-bond acceptors (Lipinski definition) is 5. The minimum Gasteiger partial charge on any atom is -0.377 e. The van der Waals surface area contributed by atoms with E-state index < -0.39 is 0 Å². The Kier molecular flexibility index (Phi) is 5.63. The van der Waals surface area contributed by atoms with Crippen molar-refractivity contribution in [2.75, 3.05) is 24.7 Å². The number of thiazole rings is 1. The van der Waals surface area contributed by atoms with Gasteiger partial charge in [-0.15, -0.1) is 11.3 Å². The third-order valence-electron chi connectivity index (χ3n) is 3.65. The zero-order valence-electron chi connectivity index (χ0n) is 14.0. The highest BCUT2D eigenvalue weighted by Gasteiger charge is 2.23. The van der Waals surface area contributed by atoms with Crippen molar-refractivity contribution in [1.29, 1.82) is 0 Å². The molecule has 1 atom stereocenters. The molecule has 0 radical (unpaired) electrons. The molecule has 2 heterocycles. The fourth-order valence-corrected chi connectivity index (χ4v) is 3.59. The predicted octanol–water partition coefficient (Wildman–Crippen LogP) is 3.21. The summed E-state index contributed by atoms with van der Waals surface area (Å²) in [4.78, 5) is 8.71. The lowest BCUT2D eigenvalue weighted by molar-refractivity contribution is 0.0989. The summed E-state index contributed by atoms with van der Waals surface area (Å²) in [6, 6.07) is 0.419. The van der Waals surface area contributed by atoms with Gasteiger partial charge in [-0.2, -0.15) is 0 Å². The van der Waals surface area contributed by atoms with Gasteiger partial charge < -0.3 is 15.0 Å². The van der Waals surface area contributed by atoms with Crippen LogP contribution in [0.1, 0.15) is 51.6 Å². The Morgan fingerprint density at radius 1 is 1.43 bits per heavy atom. The first-order valence-electron chi connectivity index (χ1n) is 7.98. The summed E-state index contributed by atoms with van der Waals surface area (Å²) in [5.41, 5.74) is 1.41. The van der Waals surface area contributed by atoms with E-state index >= 15 is 0 Å². The Labute approximate surface area is 132 Å². The smallest absolute Gasteiger partial charge is 0.186 e. The van der Waals surface area contributed by atoms with Crippen molar-refractivity contribution in [2.45, 2.75) is 65.6 Å². The molecule has 21 heavy (non-hydrogen) atoms. The number of anilines is 1. The van der Waals surface area contributed by atoms with Gasteiger partial charge in [0.15, 0.2) is 5.13 Å². The third-order valence-corrected chi connectivity index (χ3v) is 4.78. The second-order valence-electron chi connectivity index (χ2n) is 6.84. The van der Waals surface area contributed by atoms with Crippen molar-refractivity contribution in [3.05, 3.63) is 10.6 Å². The van der Waals surface area contributed by atoms with E-state index in [0.29, 0.717) is 6.04 Å². The minimum absolute atomic E-state index is 0.139. The van der Waals surface area contributed by atoms with Gasteiger partial charge in [-0.1, -0.05) is 13.3 Å². The van der Waals surface area contributed by atoms with Crippen LogP contribution in [-0.2, 0) is 17.7 Å². The molecule has 120 valence electrons. The SMILES string of the molecule is CCCc1nc(N2CCOCC2C)sc1CNC(C)(C)C. The average Bonchev–Trinajstić information content (AvgIpc) is 2.80. The number of nitrogens with zero attached hydrogens (tertiary/aromatic N) is 2. The van der Waals surface area contributed by atoms with Gasteiger partial charge in [0.05, 0.1) is 24.9 Å². The average molecular weight is 311 g/mol. The van der Waals surface area contributed by atoms with Crippen LogP contribution in [0.5, 0.6) is 0 Å². The molecule has 1 aliphatic heterocycles. The second-order valence-corrected chi connectivity index (χ2v) is 7.90. The molecule has 0 aromatic carbocycles. The van der Waals surface area contributed by atoms with Crippen molar-refractivity contribution in [1.82, 2.24) is 10.3 Å². The molecule has 0 amide bonds. The van der Waals surface area contributed by atoms with E-state index in [9.17, 15) is 0 Å². The van der Waals surface area contributed by atoms with E-state index in [4.69, 9.17) is 9.72 Å². The van der Waals surface area contributed by atoms with Crippen molar-refractivity contribution >= 4 is 16.5 Å². The fourth-order valence-electron chi connectivity index (χ4n) is 2.42. The third kappa shape index (κ3) is 4.66. The minimum atomic E-state index is 0.139. The summed E-state index contributed by atoms with van der Waals surface area (Å²) in [6.07, 6.45) is 2.21. The molecule has 4 nitrogen and oxygen atoms in total. The number of aryl methyl sites for hydroxylation is 1. The largest absolute Gasteiger partial charge is 0.377 e. The van der Waals surface area contributed by atoms with Crippen molar-refractivity contribution in [2.24, 2.45) is 0 Å². The monoisotopic (exact) mass is 311 g/mol. The maximum atomic E-state index is 5.53. The van der Waals surface area contributed by atoms with E-state index in [0.717, 1.165) is 39.1 Å². The summed E-state index contributed by atoms with van der Waals surface area (Å²) in [5, 5.41) is 4.76. The Bertz CT molecular complexity index is 453. The maximum Gasteiger partial charge on any atom is 0.186 e. The summed E-state index contributed by atoms with van der Waals surface area (Å²) < 4.78 is 5.53. The number of hydrogen-bond donors (Lipinski definition) is 1. The molecule has 1 fully saturated rings. The molecule has 1 saturated heterocycles. The van der Waals surface area contributed by atoms with Crippen LogP contribution in [-0.4, -0.2) is 36.3 Å². The van der Waals surface area contributed by atoms with Crippen molar-refractivity contribution in [3.63, 3.8) is 0 Å². The summed E-state index contributed by atoms with van der Waals surface area (Å²) in [6.45, 7) is 14.5.